The molecule has 5 heteroatoms. The molecule has 1 fully saturated rings. The predicted octanol–water partition coefficient (Wildman–Crippen LogP) is 2.16. The zero-order valence-electron chi connectivity index (χ0n) is 11.1. The van der Waals surface area contributed by atoms with Crippen molar-refractivity contribution < 1.29 is 24.5 Å². The smallest absolute Gasteiger partial charge is 0.321 e. The van der Waals surface area contributed by atoms with Crippen molar-refractivity contribution in [3.8, 4) is 0 Å². The molecule has 2 N–H and O–H groups in total. The summed E-state index contributed by atoms with van der Waals surface area (Å²) >= 11 is 0. The van der Waals surface area contributed by atoms with Crippen molar-refractivity contribution in [3.05, 3.63) is 35.9 Å². The van der Waals surface area contributed by atoms with Gasteiger partial charge in [0, 0.05) is 6.61 Å². The summed E-state index contributed by atoms with van der Waals surface area (Å²) in [4.78, 5) is 22.0. The minimum absolute atomic E-state index is 0.123. The highest BCUT2D eigenvalue weighted by atomic mass is 16.5. The van der Waals surface area contributed by atoms with Crippen molar-refractivity contribution in [2.45, 2.75) is 25.9 Å². The van der Waals surface area contributed by atoms with Gasteiger partial charge in [-0.2, -0.15) is 0 Å². The fourth-order valence-electron chi connectivity index (χ4n) is 2.58. The van der Waals surface area contributed by atoms with E-state index in [0.29, 0.717) is 19.6 Å². The fraction of sp³-hybridized carbons (Fsp3) is 0.467. The molecular weight excluding hydrogens is 260 g/mol. The summed E-state index contributed by atoms with van der Waals surface area (Å²) < 4.78 is 5.52. The van der Waals surface area contributed by atoms with Crippen LogP contribution in [0, 0.1) is 11.3 Å². The number of carboxylic acids is 2. The average Bonchev–Trinajstić information content (AvgIpc) is 2.36. The fourth-order valence-corrected chi connectivity index (χ4v) is 2.58. The Morgan fingerprint density at radius 1 is 1.15 bits per heavy atom. The Labute approximate surface area is 117 Å². The summed E-state index contributed by atoms with van der Waals surface area (Å²) in [6.07, 6.45) is 1.11. The van der Waals surface area contributed by atoms with Gasteiger partial charge in [-0.3, -0.25) is 9.59 Å². The molecule has 2 rings (SSSR count). The molecule has 0 aromatic heterocycles. The second kappa shape index (κ2) is 6.05. The third-order valence-corrected chi connectivity index (χ3v) is 3.88. The van der Waals surface area contributed by atoms with Gasteiger partial charge in [0.05, 0.1) is 6.61 Å². The molecule has 108 valence electrons. The van der Waals surface area contributed by atoms with E-state index in [1.54, 1.807) is 0 Å². The molecule has 0 heterocycles. The number of carboxylic acid groups (broad SMARTS) is 2. The number of aliphatic carboxylic acids is 2. The minimum atomic E-state index is -1.57. The van der Waals surface area contributed by atoms with Gasteiger partial charge < -0.3 is 14.9 Å². The Hall–Kier alpha value is -1.88. The van der Waals surface area contributed by atoms with Gasteiger partial charge in [-0.15, -0.1) is 0 Å². The maximum Gasteiger partial charge on any atom is 0.321 e. The van der Waals surface area contributed by atoms with E-state index in [1.807, 2.05) is 30.3 Å². The maximum absolute atomic E-state index is 11.0. The van der Waals surface area contributed by atoms with Crippen molar-refractivity contribution in [3.63, 3.8) is 0 Å². The zero-order valence-corrected chi connectivity index (χ0v) is 11.1. The molecule has 0 aliphatic heterocycles. The first-order valence-electron chi connectivity index (χ1n) is 6.63. The molecule has 0 bridgehead atoms. The molecule has 0 saturated heterocycles. The second-order valence-electron chi connectivity index (χ2n) is 5.29. The van der Waals surface area contributed by atoms with Crippen LogP contribution in [0.1, 0.15) is 24.8 Å². The number of benzene rings is 1. The van der Waals surface area contributed by atoms with Crippen LogP contribution in [0.5, 0.6) is 0 Å². The maximum atomic E-state index is 11.0. The van der Waals surface area contributed by atoms with Crippen LogP contribution in [0.4, 0.5) is 0 Å². The van der Waals surface area contributed by atoms with E-state index < -0.39 is 17.4 Å². The van der Waals surface area contributed by atoms with Gasteiger partial charge in [-0.1, -0.05) is 30.3 Å². The molecule has 1 aliphatic rings. The van der Waals surface area contributed by atoms with Gasteiger partial charge in [0.25, 0.3) is 0 Å². The summed E-state index contributed by atoms with van der Waals surface area (Å²) in [7, 11) is 0. The third kappa shape index (κ3) is 2.99. The first-order valence-corrected chi connectivity index (χ1v) is 6.63. The van der Waals surface area contributed by atoms with E-state index in [2.05, 4.69) is 0 Å². The van der Waals surface area contributed by atoms with Crippen molar-refractivity contribution in [2.24, 2.45) is 11.3 Å². The monoisotopic (exact) mass is 278 g/mol. The van der Waals surface area contributed by atoms with Crippen molar-refractivity contribution in [2.75, 3.05) is 6.61 Å². The lowest BCUT2D eigenvalue weighted by molar-refractivity contribution is -0.176. The quantitative estimate of drug-likeness (QED) is 0.590. The topological polar surface area (TPSA) is 83.8 Å². The molecule has 0 amide bonds. The molecule has 0 atom stereocenters. The highest BCUT2D eigenvalue weighted by Crippen LogP contribution is 2.47. The molecule has 1 aromatic carbocycles. The second-order valence-corrected chi connectivity index (χ2v) is 5.29. The number of hydrogen-bond acceptors (Lipinski definition) is 3. The first-order chi connectivity index (χ1) is 9.54. The van der Waals surface area contributed by atoms with Crippen molar-refractivity contribution in [1.29, 1.82) is 0 Å². The number of rotatable bonds is 7. The van der Waals surface area contributed by atoms with Gasteiger partial charge in [0.15, 0.2) is 5.41 Å². The molecule has 20 heavy (non-hydrogen) atoms. The average molecular weight is 278 g/mol. The predicted molar refractivity (Wildman–Crippen MR) is 71.1 cm³/mol. The van der Waals surface area contributed by atoms with E-state index in [-0.39, 0.29) is 18.8 Å². The number of ether oxygens (including phenoxy) is 1. The van der Waals surface area contributed by atoms with Crippen LogP contribution in [-0.2, 0) is 20.9 Å². The number of carbonyl (C=O) groups is 2. The summed E-state index contributed by atoms with van der Waals surface area (Å²) in [6, 6.07) is 9.78. The molecule has 1 aliphatic carbocycles. The first kappa shape index (κ1) is 14.5. The van der Waals surface area contributed by atoms with Crippen molar-refractivity contribution in [1.82, 2.24) is 0 Å². The normalized spacial score (nSPS) is 17.4. The van der Waals surface area contributed by atoms with Crippen LogP contribution in [-0.4, -0.2) is 28.8 Å². The standard InChI is InChI=1S/C15H18O5/c16-13(17)15(14(18)19)8-12(9-15)6-7-20-10-11-4-2-1-3-5-11/h1-5,12H,6-10H2,(H,16,17)(H,18,19). The molecule has 0 radical (unpaired) electrons. The summed E-state index contributed by atoms with van der Waals surface area (Å²) in [5.74, 6) is -2.34. The Bertz CT molecular complexity index is 460. The molecule has 1 aromatic rings. The van der Waals surface area contributed by atoms with Gasteiger partial charge in [0.1, 0.15) is 0 Å². The van der Waals surface area contributed by atoms with Crippen LogP contribution in [0.2, 0.25) is 0 Å². The Morgan fingerprint density at radius 2 is 1.75 bits per heavy atom. The van der Waals surface area contributed by atoms with Gasteiger partial charge in [-0.25, -0.2) is 0 Å². The molecule has 5 nitrogen and oxygen atoms in total. The lowest BCUT2D eigenvalue weighted by Crippen LogP contribution is -2.50. The third-order valence-electron chi connectivity index (χ3n) is 3.88. The van der Waals surface area contributed by atoms with Gasteiger partial charge in [-0.05, 0) is 30.7 Å². The van der Waals surface area contributed by atoms with E-state index in [1.165, 1.54) is 0 Å². The molecule has 0 unspecified atom stereocenters. The van der Waals surface area contributed by atoms with E-state index in [4.69, 9.17) is 14.9 Å². The van der Waals surface area contributed by atoms with Crippen LogP contribution in [0.15, 0.2) is 30.3 Å². The number of hydrogen-bond donors (Lipinski definition) is 2. The van der Waals surface area contributed by atoms with Crippen LogP contribution in [0.25, 0.3) is 0 Å². The lowest BCUT2D eigenvalue weighted by Gasteiger charge is -2.40. The Morgan fingerprint density at radius 3 is 2.30 bits per heavy atom. The van der Waals surface area contributed by atoms with Gasteiger partial charge >= 0.3 is 11.9 Å². The van der Waals surface area contributed by atoms with Crippen LogP contribution in [0.3, 0.4) is 0 Å². The summed E-state index contributed by atoms with van der Waals surface area (Å²) in [5, 5.41) is 18.0. The minimum Gasteiger partial charge on any atom is -0.480 e. The SMILES string of the molecule is O=C(O)C1(C(=O)O)CC(CCOCc2ccccc2)C1. The Kier molecular flexibility index (Phi) is 4.39. The van der Waals surface area contributed by atoms with Gasteiger partial charge in [0.2, 0.25) is 0 Å². The largest absolute Gasteiger partial charge is 0.480 e. The Balaban J connectivity index is 1.68. The summed E-state index contributed by atoms with van der Waals surface area (Å²) in [5.41, 5.74) is -0.476. The molecule has 1 saturated carbocycles. The van der Waals surface area contributed by atoms with E-state index in [0.717, 1.165) is 5.56 Å². The highest BCUT2D eigenvalue weighted by molar-refractivity contribution is 5.99. The molecule has 0 spiro atoms. The van der Waals surface area contributed by atoms with E-state index >= 15 is 0 Å². The zero-order chi connectivity index (χ0) is 14.6. The highest BCUT2D eigenvalue weighted by Gasteiger charge is 2.56. The van der Waals surface area contributed by atoms with Crippen molar-refractivity contribution >= 4 is 11.9 Å². The molecular formula is C15H18O5. The van der Waals surface area contributed by atoms with Crippen LogP contribution >= 0.6 is 0 Å². The van der Waals surface area contributed by atoms with Crippen LogP contribution < -0.4 is 0 Å². The van der Waals surface area contributed by atoms with E-state index in [9.17, 15) is 9.59 Å². The lowest BCUT2D eigenvalue weighted by atomic mass is 9.61. The summed E-state index contributed by atoms with van der Waals surface area (Å²) in [6.45, 7) is 1.05.